The molecule has 14 heavy (non-hydrogen) atoms. The molecule has 2 heterocycles. The fourth-order valence-electron chi connectivity index (χ4n) is 2.67. The Bertz CT molecular complexity index is 203. The summed E-state index contributed by atoms with van der Waals surface area (Å²) in [5.41, 5.74) is 0. The third-order valence-electron chi connectivity index (χ3n) is 3.51. The molecule has 0 spiro atoms. The fourth-order valence-corrected chi connectivity index (χ4v) is 2.84. The van der Waals surface area contributed by atoms with E-state index in [0.717, 1.165) is 23.4 Å². The van der Waals surface area contributed by atoms with Gasteiger partial charge < -0.3 is 5.32 Å². The SMILES string of the molecule is C=C(Cl)CN1CCC2CNCC2CC1. The second-order valence-corrected chi connectivity index (χ2v) is 5.08. The van der Waals surface area contributed by atoms with Crippen molar-refractivity contribution in [1.29, 1.82) is 0 Å². The van der Waals surface area contributed by atoms with E-state index >= 15 is 0 Å². The molecule has 1 N–H and O–H groups in total. The van der Waals surface area contributed by atoms with Crippen LogP contribution in [0, 0.1) is 11.8 Å². The van der Waals surface area contributed by atoms with E-state index < -0.39 is 0 Å². The molecule has 0 amide bonds. The Hall–Kier alpha value is -0.0500. The van der Waals surface area contributed by atoms with Gasteiger partial charge in [-0.3, -0.25) is 4.90 Å². The summed E-state index contributed by atoms with van der Waals surface area (Å²) in [6, 6.07) is 0. The van der Waals surface area contributed by atoms with Gasteiger partial charge in [0.15, 0.2) is 0 Å². The first-order valence-corrected chi connectivity index (χ1v) is 5.90. The van der Waals surface area contributed by atoms with E-state index in [9.17, 15) is 0 Å². The van der Waals surface area contributed by atoms with Gasteiger partial charge in [-0.1, -0.05) is 18.2 Å². The minimum absolute atomic E-state index is 0.773. The molecule has 80 valence electrons. The van der Waals surface area contributed by atoms with Crippen molar-refractivity contribution in [3.05, 3.63) is 11.6 Å². The van der Waals surface area contributed by atoms with Crippen LogP contribution in [0.3, 0.4) is 0 Å². The molecule has 2 aliphatic rings. The second-order valence-electron chi connectivity index (χ2n) is 4.55. The summed E-state index contributed by atoms with van der Waals surface area (Å²) in [5.74, 6) is 1.81. The average molecular weight is 215 g/mol. The van der Waals surface area contributed by atoms with E-state index in [1.165, 1.54) is 39.0 Å². The summed E-state index contributed by atoms with van der Waals surface area (Å²) >= 11 is 5.84. The first kappa shape index (κ1) is 10.5. The van der Waals surface area contributed by atoms with Crippen LogP contribution in [0.1, 0.15) is 12.8 Å². The molecular formula is C11H19ClN2. The van der Waals surface area contributed by atoms with E-state index in [0.29, 0.717) is 0 Å². The lowest BCUT2D eigenvalue weighted by Gasteiger charge is -2.19. The van der Waals surface area contributed by atoms with E-state index in [2.05, 4.69) is 16.8 Å². The molecular weight excluding hydrogens is 196 g/mol. The maximum Gasteiger partial charge on any atom is 0.0335 e. The Morgan fingerprint density at radius 1 is 1.29 bits per heavy atom. The number of fused-ring (bicyclic) bond motifs is 1. The standard InChI is InChI=1S/C11H19ClN2/c1-9(12)8-14-4-2-10-6-13-7-11(10)3-5-14/h10-11,13H,1-8H2. The smallest absolute Gasteiger partial charge is 0.0335 e. The lowest BCUT2D eigenvalue weighted by Crippen LogP contribution is -2.27. The maximum absolute atomic E-state index is 5.84. The van der Waals surface area contributed by atoms with Crippen LogP contribution in [0.2, 0.25) is 0 Å². The molecule has 0 aromatic rings. The highest BCUT2D eigenvalue weighted by molar-refractivity contribution is 6.29. The van der Waals surface area contributed by atoms with Gasteiger partial charge in [0, 0.05) is 11.6 Å². The van der Waals surface area contributed by atoms with Gasteiger partial charge in [0.05, 0.1) is 0 Å². The van der Waals surface area contributed by atoms with Crippen molar-refractivity contribution in [2.24, 2.45) is 11.8 Å². The molecule has 0 saturated carbocycles. The van der Waals surface area contributed by atoms with E-state index in [1.807, 2.05) is 0 Å². The number of hydrogen-bond acceptors (Lipinski definition) is 2. The molecule has 0 aromatic heterocycles. The molecule has 0 radical (unpaired) electrons. The molecule has 2 unspecified atom stereocenters. The molecule has 2 nitrogen and oxygen atoms in total. The Balaban J connectivity index is 1.86. The summed E-state index contributed by atoms with van der Waals surface area (Å²) in [7, 11) is 0. The van der Waals surface area contributed by atoms with Crippen molar-refractivity contribution in [2.45, 2.75) is 12.8 Å². The number of nitrogens with one attached hydrogen (secondary N) is 1. The summed E-state index contributed by atoms with van der Waals surface area (Å²) in [5, 5.41) is 4.26. The van der Waals surface area contributed by atoms with Gasteiger partial charge in [-0.15, -0.1) is 0 Å². The van der Waals surface area contributed by atoms with Crippen molar-refractivity contribution in [3.8, 4) is 0 Å². The minimum atomic E-state index is 0.773. The zero-order chi connectivity index (χ0) is 9.97. The molecule has 0 aliphatic carbocycles. The third-order valence-corrected chi connectivity index (χ3v) is 3.63. The molecule has 2 fully saturated rings. The van der Waals surface area contributed by atoms with Crippen LogP contribution in [-0.2, 0) is 0 Å². The number of hydrogen-bond donors (Lipinski definition) is 1. The molecule has 2 saturated heterocycles. The Morgan fingerprint density at radius 2 is 1.86 bits per heavy atom. The predicted molar refractivity (Wildman–Crippen MR) is 60.5 cm³/mol. The highest BCUT2D eigenvalue weighted by Gasteiger charge is 2.29. The highest BCUT2D eigenvalue weighted by Crippen LogP contribution is 2.27. The predicted octanol–water partition coefficient (Wildman–Crippen LogP) is 1.67. The molecule has 2 atom stereocenters. The van der Waals surface area contributed by atoms with Gasteiger partial charge in [-0.05, 0) is 50.9 Å². The second kappa shape index (κ2) is 4.65. The van der Waals surface area contributed by atoms with Crippen molar-refractivity contribution in [2.75, 3.05) is 32.7 Å². The van der Waals surface area contributed by atoms with E-state index in [4.69, 9.17) is 11.6 Å². The quantitative estimate of drug-likeness (QED) is 0.753. The number of likely N-dealkylation sites (tertiary alicyclic amines) is 1. The Kier molecular flexibility index (Phi) is 3.47. The lowest BCUT2D eigenvalue weighted by molar-refractivity contribution is 0.305. The van der Waals surface area contributed by atoms with Crippen molar-refractivity contribution in [1.82, 2.24) is 10.2 Å². The van der Waals surface area contributed by atoms with E-state index in [-0.39, 0.29) is 0 Å². The summed E-state index contributed by atoms with van der Waals surface area (Å²) in [6.45, 7) is 9.46. The van der Waals surface area contributed by atoms with Crippen molar-refractivity contribution in [3.63, 3.8) is 0 Å². The van der Waals surface area contributed by atoms with Gasteiger partial charge in [0.25, 0.3) is 0 Å². The Morgan fingerprint density at radius 3 is 2.36 bits per heavy atom. The van der Waals surface area contributed by atoms with Gasteiger partial charge in [-0.25, -0.2) is 0 Å². The van der Waals surface area contributed by atoms with Gasteiger partial charge in [0.1, 0.15) is 0 Å². The zero-order valence-electron chi connectivity index (χ0n) is 8.64. The largest absolute Gasteiger partial charge is 0.316 e. The normalized spacial score (nSPS) is 33.8. The maximum atomic E-state index is 5.84. The molecule has 0 aromatic carbocycles. The van der Waals surface area contributed by atoms with E-state index in [1.54, 1.807) is 0 Å². The first-order chi connectivity index (χ1) is 6.75. The van der Waals surface area contributed by atoms with Gasteiger partial charge in [-0.2, -0.15) is 0 Å². The molecule has 3 heteroatoms. The lowest BCUT2D eigenvalue weighted by atomic mass is 9.92. The summed E-state index contributed by atoms with van der Waals surface area (Å²) in [4.78, 5) is 2.44. The van der Waals surface area contributed by atoms with Crippen LogP contribution in [0.4, 0.5) is 0 Å². The molecule has 0 bridgehead atoms. The van der Waals surface area contributed by atoms with Gasteiger partial charge in [0.2, 0.25) is 0 Å². The van der Waals surface area contributed by atoms with Gasteiger partial charge >= 0.3 is 0 Å². The van der Waals surface area contributed by atoms with Crippen molar-refractivity contribution < 1.29 is 0 Å². The van der Waals surface area contributed by atoms with Crippen LogP contribution < -0.4 is 5.32 Å². The van der Waals surface area contributed by atoms with Crippen LogP contribution in [0.15, 0.2) is 11.6 Å². The Labute approximate surface area is 91.3 Å². The van der Waals surface area contributed by atoms with Crippen LogP contribution in [0.5, 0.6) is 0 Å². The zero-order valence-corrected chi connectivity index (χ0v) is 9.39. The fraction of sp³-hybridized carbons (Fsp3) is 0.818. The van der Waals surface area contributed by atoms with Crippen LogP contribution in [0.25, 0.3) is 0 Å². The average Bonchev–Trinajstić information content (AvgIpc) is 2.50. The van der Waals surface area contributed by atoms with Crippen LogP contribution in [-0.4, -0.2) is 37.6 Å². The monoisotopic (exact) mass is 214 g/mol. The van der Waals surface area contributed by atoms with Crippen molar-refractivity contribution >= 4 is 11.6 Å². The first-order valence-electron chi connectivity index (χ1n) is 5.52. The highest BCUT2D eigenvalue weighted by atomic mass is 35.5. The summed E-state index contributed by atoms with van der Waals surface area (Å²) < 4.78 is 0. The molecule has 2 aliphatic heterocycles. The molecule has 2 rings (SSSR count). The number of halogens is 1. The third kappa shape index (κ3) is 2.50. The minimum Gasteiger partial charge on any atom is -0.316 e. The summed E-state index contributed by atoms with van der Waals surface area (Å²) in [6.07, 6.45) is 2.64. The topological polar surface area (TPSA) is 15.3 Å². The number of rotatable bonds is 2. The number of nitrogens with zero attached hydrogens (tertiary/aromatic N) is 1. The van der Waals surface area contributed by atoms with Crippen LogP contribution >= 0.6 is 11.6 Å².